The highest BCUT2D eigenvalue weighted by atomic mass is 32.2. The second kappa shape index (κ2) is 6.10. The molecule has 0 amide bonds. The van der Waals surface area contributed by atoms with Crippen LogP contribution in [0.3, 0.4) is 0 Å². The number of rotatable bonds is 5. The maximum Gasteiger partial charge on any atom is 0.269 e. The first-order valence-corrected chi connectivity index (χ1v) is 8.54. The SMILES string of the molecule is Cc1ccc(S(=O)(=O)CC(C)(O)c2ccc([N+](=O)[O-])cc2)cc1. The molecular formula is C16H17NO5S. The third-order valence-electron chi connectivity index (χ3n) is 3.55. The molecule has 2 rings (SSSR count). The molecule has 1 N–H and O–H groups in total. The van der Waals surface area contributed by atoms with Gasteiger partial charge < -0.3 is 5.11 Å². The molecular weight excluding hydrogens is 318 g/mol. The molecule has 0 saturated carbocycles. The summed E-state index contributed by atoms with van der Waals surface area (Å²) in [5.74, 6) is -0.513. The van der Waals surface area contributed by atoms with Crippen molar-refractivity contribution in [2.75, 3.05) is 5.75 Å². The first-order valence-electron chi connectivity index (χ1n) is 6.88. The Labute approximate surface area is 134 Å². The molecule has 23 heavy (non-hydrogen) atoms. The Balaban J connectivity index is 2.29. The summed E-state index contributed by atoms with van der Waals surface area (Å²) in [4.78, 5) is 10.2. The number of benzene rings is 2. The first-order chi connectivity index (χ1) is 10.6. The zero-order chi connectivity index (χ0) is 17.3. The van der Waals surface area contributed by atoms with Crippen molar-refractivity contribution in [3.05, 3.63) is 69.8 Å². The van der Waals surface area contributed by atoms with E-state index in [1.807, 2.05) is 6.92 Å². The van der Waals surface area contributed by atoms with E-state index in [2.05, 4.69) is 0 Å². The fourth-order valence-corrected chi connectivity index (χ4v) is 3.85. The van der Waals surface area contributed by atoms with Gasteiger partial charge in [0.05, 0.1) is 15.6 Å². The van der Waals surface area contributed by atoms with Crippen LogP contribution in [-0.4, -0.2) is 24.2 Å². The Hall–Kier alpha value is -2.25. The molecule has 6 nitrogen and oxygen atoms in total. The van der Waals surface area contributed by atoms with Gasteiger partial charge in [-0.2, -0.15) is 0 Å². The number of hydrogen-bond donors (Lipinski definition) is 1. The highest BCUT2D eigenvalue weighted by Crippen LogP contribution is 2.27. The van der Waals surface area contributed by atoms with E-state index in [-0.39, 0.29) is 10.6 Å². The molecule has 0 saturated heterocycles. The van der Waals surface area contributed by atoms with Gasteiger partial charge in [0.25, 0.3) is 5.69 Å². The molecule has 122 valence electrons. The van der Waals surface area contributed by atoms with Gasteiger partial charge in [0.15, 0.2) is 9.84 Å². The number of nitro groups is 1. The van der Waals surface area contributed by atoms with E-state index in [1.165, 1.54) is 43.3 Å². The number of nitro benzene ring substituents is 1. The molecule has 0 aliphatic carbocycles. The van der Waals surface area contributed by atoms with Gasteiger partial charge in [0.2, 0.25) is 0 Å². The van der Waals surface area contributed by atoms with E-state index in [1.54, 1.807) is 12.1 Å². The lowest BCUT2D eigenvalue weighted by molar-refractivity contribution is -0.384. The van der Waals surface area contributed by atoms with Crippen molar-refractivity contribution in [3.8, 4) is 0 Å². The minimum atomic E-state index is -3.69. The number of aryl methyl sites for hydroxylation is 1. The summed E-state index contributed by atoms with van der Waals surface area (Å²) in [5.41, 5.74) is -0.533. The van der Waals surface area contributed by atoms with E-state index in [4.69, 9.17) is 0 Å². The van der Waals surface area contributed by atoms with Gasteiger partial charge in [-0.25, -0.2) is 8.42 Å². The second-order valence-corrected chi connectivity index (χ2v) is 7.64. The van der Waals surface area contributed by atoms with Gasteiger partial charge in [-0.15, -0.1) is 0 Å². The van der Waals surface area contributed by atoms with E-state index in [9.17, 15) is 23.6 Å². The number of sulfone groups is 1. The van der Waals surface area contributed by atoms with Gasteiger partial charge in [0, 0.05) is 12.1 Å². The van der Waals surface area contributed by atoms with Crippen LogP contribution >= 0.6 is 0 Å². The molecule has 1 unspecified atom stereocenters. The first kappa shape index (κ1) is 17.1. The topological polar surface area (TPSA) is 97.5 Å². The van der Waals surface area contributed by atoms with Crippen LogP contribution in [0.1, 0.15) is 18.1 Å². The van der Waals surface area contributed by atoms with Gasteiger partial charge in [-0.3, -0.25) is 10.1 Å². The number of hydrogen-bond acceptors (Lipinski definition) is 5. The average molecular weight is 335 g/mol. The van der Waals surface area contributed by atoms with E-state index in [0.717, 1.165) is 5.56 Å². The summed E-state index contributed by atoms with van der Waals surface area (Å²) in [6, 6.07) is 11.6. The second-order valence-electron chi connectivity index (χ2n) is 5.65. The molecule has 0 aliphatic rings. The normalized spacial score (nSPS) is 14.2. The van der Waals surface area contributed by atoms with Crippen LogP contribution in [0, 0.1) is 17.0 Å². The Morgan fingerprint density at radius 2 is 1.61 bits per heavy atom. The maximum absolute atomic E-state index is 12.4. The third kappa shape index (κ3) is 3.94. The van der Waals surface area contributed by atoms with Crippen LogP contribution in [0.5, 0.6) is 0 Å². The van der Waals surface area contributed by atoms with Crippen molar-refractivity contribution >= 4 is 15.5 Å². The highest BCUT2D eigenvalue weighted by molar-refractivity contribution is 7.91. The van der Waals surface area contributed by atoms with Gasteiger partial charge in [-0.05, 0) is 43.7 Å². The molecule has 0 bridgehead atoms. The van der Waals surface area contributed by atoms with Crippen LogP contribution in [0.15, 0.2) is 53.4 Å². The third-order valence-corrected chi connectivity index (χ3v) is 5.48. The van der Waals surface area contributed by atoms with Crippen molar-refractivity contribution in [1.29, 1.82) is 0 Å². The van der Waals surface area contributed by atoms with Gasteiger partial charge in [-0.1, -0.05) is 17.7 Å². The van der Waals surface area contributed by atoms with Crippen molar-refractivity contribution in [3.63, 3.8) is 0 Å². The molecule has 0 spiro atoms. The van der Waals surface area contributed by atoms with Crippen LogP contribution in [0.4, 0.5) is 5.69 Å². The van der Waals surface area contributed by atoms with Crippen molar-refractivity contribution in [2.24, 2.45) is 0 Å². The molecule has 0 aliphatic heterocycles. The summed E-state index contributed by atoms with van der Waals surface area (Å²) in [7, 11) is -3.69. The molecule has 0 radical (unpaired) electrons. The lowest BCUT2D eigenvalue weighted by Crippen LogP contribution is -2.31. The summed E-state index contributed by atoms with van der Waals surface area (Å²) in [6.07, 6.45) is 0. The Morgan fingerprint density at radius 3 is 2.09 bits per heavy atom. The zero-order valence-electron chi connectivity index (χ0n) is 12.8. The van der Waals surface area contributed by atoms with Crippen LogP contribution in [0.25, 0.3) is 0 Å². The minimum Gasteiger partial charge on any atom is -0.384 e. The number of aliphatic hydroxyl groups is 1. The molecule has 2 aromatic rings. The van der Waals surface area contributed by atoms with E-state index in [0.29, 0.717) is 5.56 Å². The average Bonchev–Trinajstić information content (AvgIpc) is 2.46. The molecule has 0 heterocycles. The van der Waals surface area contributed by atoms with Gasteiger partial charge >= 0.3 is 0 Å². The summed E-state index contributed by atoms with van der Waals surface area (Å²) in [5, 5.41) is 21.2. The number of non-ortho nitro benzene ring substituents is 1. The van der Waals surface area contributed by atoms with Gasteiger partial charge in [0.1, 0.15) is 5.60 Å². The maximum atomic E-state index is 12.4. The molecule has 0 aromatic heterocycles. The standard InChI is InChI=1S/C16H17NO5S/c1-12-3-9-15(10-4-12)23(21,22)11-16(2,18)13-5-7-14(8-6-13)17(19)20/h3-10,18H,11H2,1-2H3. The predicted octanol–water partition coefficient (Wildman–Crippen LogP) is 2.58. The van der Waals surface area contributed by atoms with E-state index >= 15 is 0 Å². The van der Waals surface area contributed by atoms with Crippen molar-refractivity contribution in [2.45, 2.75) is 24.3 Å². The quantitative estimate of drug-likeness (QED) is 0.669. The Bertz CT molecular complexity index is 809. The molecule has 1 atom stereocenters. The number of nitrogens with zero attached hydrogens (tertiary/aromatic N) is 1. The monoisotopic (exact) mass is 335 g/mol. The van der Waals surface area contributed by atoms with Crippen molar-refractivity contribution in [1.82, 2.24) is 0 Å². The summed E-state index contributed by atoms with van der Waals surface area (Å²) in [6.45, 7) is 3.23. The lowest BCUT2D eigenvalue weighted by Gasteiger charge is -2.23. The fourth-order valence-electron chi connectivity index (χ4n) is 2.22. The molecule has 7 heteroatoms. The predicted molar refractivity (Wildman–Crippen MR) is 85.9 cm³/mol. The molecule has 0 fully saturated rings. The Kier molecular flexibility index (Phi) is 4.53. The van der Waals surface area contributed by atoms with Crippen LogP contribution in [-0.2, 0) is 15.4 Å². The smallest absolute Gasteiger partial charge is 0.269 e. The van der Waals surface area contributed by atoms with Crippen LogP contribution < -0.4 is 0 Å². The largest absolute Gasteiger partial charge is 0.384 e. The lowest BCUT2D eigenvalue weighted by atomic mass is 9.98. The zero-order valence-corrected chi connectivity index (χ0v) is 13.6. The van der Waals surface area contributed by atoms with Crippen molar-refractivity contribution < 1.29 is 18.4 Å². The molecule has 2 aromatic carbocycles. The minimum absolute atomic E-state index is 0.119. The summed E-state index contributed by atoms with van der Waals surface area (Å²) < 4.78 is 24.9. The van der Waals surface area contributed by atoms with Crippen LogP contribution in [0.2, 0.25) is 0 Å². The Morgan fingerprint density at radius 1 is 1.09 bits per heavy atom. The highest BCUT2D eigenvalue weighted by Gasteiger charge is 2.31. The summed E-state index contributed by atoms with van der Waals surface area (Å²) >= 11 is 0. The van der Waals surface area contributed by atoms with E-state index < -0.39 is 26.1 Å². The fraction of sp³-hybridized carbons (Fsp3) is 0.250.